The highest BCUT2D eigenvalue weighted by molar-refractivity contribution is 6.61. The molecule has 1 aliphatic heterocycles. The van der Waals surface area contributed by atoms with Crippen molar-refractivity contribution >= 4 is 24.8 Å². The Balaban J connectivity index is 0.000000509. The van der Waals surface area contributed by atoms with Crippen molar-refractivity contribution in [3.8, 4) is 0 Å². The summed E-state index contributed by atoms with van der Waals surface area (Å²) in [7, 11) is -0.365. The first-order valence-corrected chi connectivity index (χ1v) is 6.46. The van der Waals surface area contributed by atoms with Crippen LogP contribution in [0.5, 0.6) is 0 Å². The summed E-state index contributed by atoms with van der Waals surface area (Å²) in [5.74, 6) is 0. The molecule has 23 heavy (non-hydrogen) atoms. The lowest BCUT2D eigenvalue weighted by Gasteiger charge is -2.32. The molecule has 2 amide bonds. The lowest BCUT2D eigenvalue weighted by molar-refractivity contribution is 0.00578. The van der Waals surface area contributed by atoms with Crippen molar-refractivity contribution in [1.82, 2.24) is 9.97 Å². The monoisotopic (exact) mass is 328 g/mol. The zero-order chi connectivity index (χ0) is 18.3. The van der Waals surface area contributed by atoms with Gasteiger partial charge in [0.25, 0.3) is 0 Å². The highest BCUT2D eigenvalue weighted by Gasteiger charge is 2.51. The van der Waals surface area contributed by atoms with E-state index >= 15 is 0 Å². The molecule has 2 rings (SSSR count). The van der Waals surface area contributed by atoms with Gasteiger partial charge < -0.3 is 31.0 Å². The molecule has 1 fully saturated rings. The van der Waals surface area contributed by atoms with Gasteiger partial charge in [-0.2, -0.15) is 0 Å². The molecule has 6 N–H and O–H groups in total. The van der Waals surface area contributed by atoms with Crippen molar-refractivity contribution in [2.45, 2.75) is 38.9 Å². The molecule has 1 aromatic rings. The maximum Gasteiger partial charge on any atom is 0.498 e. The van der Waals surface area contributed by atoms with E-state index in [-0.39, 0.29) is 18.3 Å². The fourth-order valence-electron chi connectivity index (χ4n) is 1.41. The van der Waals surface area contributed by atoms with E-state index in [1.807, 2.05) is 27.7 Å². The molecule has 1 saturated heterocycles. The number of rotatable bonds is 1. The second kappa shape index (κ2) is 8.29. The van der Waals surface area contributed by atoms with Crippen LogP contribution in [0.2, 0.25) is 0 Å². The van der Waals surface area contributed by atoms with Gasteiger partial charge in [0, 0.05) is 17.9 Å². The minimum Gasteiger partial charge on any atom is -0.465 e. The number of nitrogens with two attached hydrogens (primary N) is 2. The minimum atomic E-state index is -1.33. The summed E-state index contributed by atoms with van der Waals surface area (Å²) < 4.78 is 11.7. The minimum absolute atomic E-state index is 0.312. The Bertz CT molecular complexity index is 490. The molecular formula is C12H21BN4O6. The summed E-state index contributed by atoms with van der Waals surface area (Å²) in [4.78, 5) is 25.5. The van der Waals surface area contributed by atoms with Crippen molar-refractivity contribution in [2.75, 3.05) is 0 Å². The third kappa shape index (κ3) is 7.43. The van der Waals surface area contributed by atoms with Crippen LogP contribution in [0.15, 0.2) is 18.7 Å². The molecule has 1 aliphatic rings. The largest absolute Gasteiger partial charge is 0.498 e. The highest BCUT2D eigenvalue weighted by atomic mass is 16.7. The van der Waals surface area contributed by atoms with Crippen molar-refractivity contribution in [1.29, 1.82) is 0 Å². The standard InChI is InChI=1S/C10H15BN2O2.2CH3NO2/c1-9(2)10(3,4)15-11(14-9)8-5-12-7-13-6-8;2*2-1(3)4/h5-7H,1-4H3;2*2H2,(H,3,4). The Kier molecular flexibility index (Phi) is 7.43. The molecule has 2 heterocycles. The second-order valence-electron chi connectivity index (χ2n) is 5.44. The third-order valence-corrected chi connectivity index (χ3v) is 3.11. The zero-order valence-corrected chi connectivity index (χ0v) is 13.4. The van der Waals surface area contributed by atoms with E-state index < -0.39 is 12.2 Å². The van der Waals surface area contributed by atoms with Crippen molar-refractivity contribution in [3.05, 3.63) is 18.7 Å². The lowest BCUT2D eigenvalue weighted by Crippen LogP contribution is -2.41. The van der Waals surface area contributed by atoms with E-state index in [9.17, 15) is 0 Å². The Morgan fingerprint density at radius 3 is 1.61 bits per heavy atom. The van der Waals surface area contributed by atoms with Gasteiger partial charge >= 0.3 is 19.3 Å². The molecule has 0 atom stereocenters. The van der Waals surface area contributed by atoms with Gasteiger partial charge in [0.1, 0.15) is 6.33 Å². The summed E-state index contributed by atoms with van der Waals surface area (Å²) in [5.41, 5.74) is 8.29. The number of hydrogen-bond acceptors (Lipinski definition) is 6. The van der Waals surface area contributed by atoms with Gasteiger partial charge in [-0.25, -0.2) is 19.6 Å². The average Bonchev–Trinajstić information content (AvgIpc) is 2.58. The number of carboxylic acid groups (broad SMARTS) is 2. The van der Waals surface area contributed by atoms with Gasteiger partial charge in [-0.15, -0.1) is 0 Å². The number of hydrogen-bond donors (Lipinski definition) is 4. The van der Waals surface area contributed by atoms with E-state index in [0.717, 1.165) is 5.46 Å². The van der Waals surface area contributed by atoms with Crippen LogP contribution < -0.4 is 16.9 Å². The Morgan fingerprint density at radius 2 is 1.30 bits per heavy atom. The Labute approximate surface area is 134 Å². The highest BCUT2D eigenvalue weighted by Crippen LogP contribution is 2.36. The molecule has 0 aliphatic carbocycles. The van der Waals surface area contributed by atoms with Gasteiger partial charge in [-0.05, 0) is 27.7 Å². The lowest BCUT2D eigenvalue weighted by atomic mass is 9.81. The molecule has 0 unspecified atom stereocenters. The number of nitrogens with zero attached hydrogens (tertiary/aromatic N) is 2. The van der Waals surface area contributed by atoms with Gasteiger partial charge in [-0.3, -0.25) is 0 Å². The Hall–Kier alpha value is -2.40. The van der Waals surface area contributed by atoms with Gasteiger partial charge in [-0.1, -0.05) is 0 Å². The third-order valence-electron chi connectivity index (χ3n) is 3.11. The van der Waals surface area contributed by atoms with E-state index in [1.54, 1.807) is 12.4 Å². The maximum absolute atomic E-state index is 8.78. The van der Waals surface area contributed by atoms with Crippen LogP contribution in [-0.4, -0.2) is 50.7 Å². The molecule has 11 heteroatoms. The van der Waals surface area contributed by atoms with E-state index in [4.69, 9.17) is 29.1 Å². The summed E-state index contributed by atoms with van der Waals surface area (Å²) >= 11 is 0. The molecule has 0 bridgehead atoms. The van der Waals surface area contributed by atoms with Crippen LogP contribution >= 0.6 is 0 Å². The predicted octanol–water partition coefficient (Wildman–Crippen LogP) is 0.0220. The summed E-state index contributed by atoms with van der Waals surface area (Å²) in [6.45, 7) is 8.10. The molecule has 10 nitrogen and oxygen atoms in total. The zero-order valence-electron chi connectivity index (χ0n) is 13.4. The van der Waals surface area contributed by atoms with Crippen molar-refractivity contribution < 1.29 is 29.1 Å². The molecule has 1 aromatic heterocycles. The van der Waals surface area contributed by atoms with Crippen LogP contribution in [0.3, 0.4) is 0 Å². The number of aromatic nitrogens is 2. The summed E-state index contributed by atoms with van der Waals surface area (Å²) in [6.07, 6.45) is 2.26. The fourth-order valence-corrected chi connectivity index (χ4v) is 1.41. The molecule has 0 spiro atoms. The van der Waals surface area contributed by atoms with Gasteiger partial charge in [0.15, 0.2) is 0 Å². The van der Waals surface area contributed by atoms with E-state index in [0.29, 0.717) is 0 Å². The maximum atomic E-state index is 8.78. The SMILES string of the molecule is CC1(C)OB(c2cncnc2)OC1(C)C.NC(=O)O.NC(=O)O. The molecule has 128 valence electrons. The van der Waals surface area contributed by atoms with Crippen LogP contribution in [0.1, 0.15) is 27.7 Å². The smallest absolute Gasteiger partial charge is 0.465 e. The average molecular weight is 328 g/mol. The number of carbonyl (C=O) groups is 2. The van der Waals surface area contributed by atoms with Crippen molar-refractivity contribution in [2.24, 2.45) is 11.5 Å². The summed E-state index contributed by atoms with van der Waals surface area (Å²) in [5, 5.41) is 14.4. The summed E-state index contributed by atoms with van der Waals surface area (Å²) in [6, 6.07) is 0. The normalized spacial score (nSPS) is 17.1. The first kappa shape index (κ1) is 20.6. The number of amides is 2. The molecule has 0 radical (unpaired) electrons. The molecule has 0 saturated carbocycles. The number of primary amides is 2. The fraction of sp³-hybridized carbons (Fsp3) is 0.500. The first-order chi connectivity index (χ1) is 10.4. The second-order valence-corrected chi connectivity index (χ2v) is 5.44. The van der Waals surface area contributed by atoms with Crippen LogP contribution in [0, 0.1) is 0 Å². The molecule has 0 aromatic carbocycles. The van der Waals surface area contributed by atoms with Gasteiger partial charge in [0.05, 0.1) is 11.2 Å². The van der Waals surface area contributed by atoms with Crippen LogP contribution in [0.25, 0.3) is 0 Å². The predicted molar refractivity (Wildman–Crippen MR) is 82.2 cm³/mol. The van der Waals surface area contributed by atoms with Gasteiger partial charge in [0.2, 0.25) is 0 Å². The Morgan fingerprint density at radius 1 is 1.00 bits per heavy atom. The van der Waals surface area contributed by atoms with Crippen molar-refractivity contribution in [3.63, 3.8) is 0 Å². The molecular weight excluding hydrogens is 307 g/mol. The van der Waals surface area contributed by atoms with E-state index in [1.165, 1.54) is 6.33 Å². The van der Waals surface area contributed by atoms with Crippen LogP contribution in [-0.2, 0) is 9.31 Å². The topological polar surface area (TPSA) is 171 Å². The first-order valence-electron chi connectivity index (χ1n) is 6.46. The van der Waals surface area contributed by atoms with E-state index in [2.05, 4.69) is 21.4 Å². The van der Waals surface area contributed by atoms with Crippen LogP contribution in [0.4, 0.5) is 9.59 Å². The quantitative estimate of drug-likeness (QED) is 0.522.